The Morgan fingerprint density at radius 3 is 2.31 bits per heavy atom. The van der Waals surface area contributed by atoms with Gasteiger partial charge in [0.2, 0.25) is 5.91 Å². The van der Waals surface area contributed by atoms with Crippen LogP contribution in [0.4, 0.5) is 0 Å². The number of nitrogens with two attached hydrogens (primary N) is 2. The van der Waals surface area contributed by atoms with Crippen LogP contribution in [0, 0.1) is 0 Å². The molecule has 164 valence electrons. The van der Waals surface area contributed by atoms with E-state index in [2.05, 4.69) is 5.32 Å². The Morgan fingerprint density at radius 2 is 1.72 bits per heavy atom. The van der Waals surface area contributed by atoms with Crippen LogP contribution in [-0.4, -0.2) is 46.9 Å². The van der Waals surface area contributed by atoms with E-state index in [1.165, 1.54) is 0 Å². The number of carboxylic acid groups (broad SMARTS) is 1. The number of hydrogen-bond acceptors (Lipinski definition) is 6. The number of aliphatic carboxylic acids is 1. The second kappa shape index (κ2) is 13.5. The summed E-state index contributed by atoms with van der Waals surface area (Å²) in [6.45, 7) is 0.648. The molecule has 1 aromatic rings. The van der Waals surface area contributed by atoms with Crippen LogP contribution in [0.25, 0.3) is 0 Å². The van der Waals surface area contributed by atoms with Crippen LogP contribution in [0.2, 0.25) is 0 Å². The number of amides is 1. The zero-order valence-electron chi connectivity index (χ0n) is 16.5. The third-order valence-electron chi connectivity index (χ3n) is 4.36. The van der Waals surface area contributed by atoms with E-state index in [0.29, 0.717) is 32.2 Å². The lowest BCUT2D eigenvalue weighted by Crippen LogP contribution is -2.37. The molecule has 10 heteroatoms. The molecule has 7 N–H and O–H groups in total. The van der Waals surface area contributed by atoms with Gasteiger partial charge in [-0.3, -0.25) is 13.9 Å². The summed E-state index contributed by atoms with van der Waals surface area (Å²) < 4.78 is 17.9. The molecular weight excluding hydrogens is 397 g/mol. The predicted molar refractivity (Wildman–Crippen MR) is 110 cm³/mol. The molecule has 1 aromatic carbocycles. The van der Waals surface area contributed by atoms with E-state index in [9.17, 15) is 24.2 Å². The van der Waals surface area contributed by atoms with Gasteiger partial charge in [-0.25, -0.2) is 4.79 Å². The summed E-state index contributed by atoms with van der Waals surface area (Å²) in [6.07, 6.45) is 0.729. The first-order chi connectivity index (χ1) is 13.8. The molecule has 0 aliphatic heterocycles. The Kier molecular flexibility index (Phi) is 11.7. The number of rotatable bonds is 15. The number of aryl methyl sites for hydroxylation is 1. The highest BCUT2D eigenvalue weighted by atomic mass is 31.2. The quantitative estimate of drug-likeness (QED) is 0.207. The minimum Gasteiger partial charge on any atom is -0.479 e. The van der Waals surface area contributed by atoms with E-state index in [1.54, 1.807) is 0 Å². The van der Waals surface area contributed by atoms with Gasteiger partial charge in [0.05, 0.1) is 0 Å². The van der Waals surface area contributed by atoms with Crippen molar-refractivity contribution >= 4 is 19.5 Å². The van der Waals surface area contributed by atoms with E-state index in [0.717, 1.165) is 5.56 Å². The molecule has 29 heavy (non-hydrogen) atoms. The molecule has 0 bridgehead atoms. The van der Waals surface area contributed by atoms with Crippen LogP contribution in [0.15, 0.2) is 30.3 Å². The van der Waals surface area contributed by atoms with E-state index >= 15 is 0 Å². The van der Waals surface area contributed by atoms with Gasteiger partial charge in [-0.1, -0.05) is 30.3 Å². The minimum atomic E-state index is -4.44. The van der Waals surface area contributed by atoms with Crippen LogP contribution in [0.5, 0.6) is 0 Å². The molecule has 3 atom stereocenters. The van der Waals surface area contributed by atoms with Crippen molar-refractivity contribution in [3.63, 3.8) is 0 Å². The number of carbonyl (C=O) groups excluding carboxylic acids is 1. The van der Waals surface area contributed by atoms with Gasteiger partial charge < -0.3 is 26.8 Å². The second-order valence-electron chi connectivity index (χ2n) is 6.78. The maximum absolute atomic E-state index is 12.8. The van der Waals surface area contributed by atoms with Gasteiger partial charge in [0.1, 0.15) is 5.78 Å². The van der Waals surface area contributed by atoms with Gasteiger partial charge in [0, 0.05) is 6.42 Å². The molecule has 0 saturated heterocycles. The minimum absolute atomic E-state index is 0.0582. The van der Waals surface area contributed by atoms with Gasteiger partial charge in [-0.2, -0.15) is 0 Å². The fourth-order valence-corrected chi connectivity index (χ4v) is 4.26. The number of carbonyl (C=O) groups is 2. The largest absolute Gasteiger partial charge is 0.479 e. The summed E-state index contributed by atoms with van der Waals surface area (Å²) in [5.41, 5.74) is 11.8. The van der Waals surface area contributed by atoms with E-state index < -0.39 is 31.4 Å². The van der Waals surface area contributed by atoms with E-state index in [4.69, 9.17) is 16.0 Å². The van der Waals surface area contributed by atoms with Crippen molar-refractivity contribution in [1.29, 1.82) is 0 Å². The summed E-state index contributed by atoms with van der Waals surface area (Å²) in [5, 5.41) is 11.8. The third-order valence-corrected chi connectivity index (χ3v) is 6.09. The first-order valence-electron chi connectivity index (χ1n) is 9.77. The first kappa shape index (κ1) is 25.3. The van der Waals surface area contributed by atoms with Crippen molar-refractivity contribution in [3.8, 4) is 0 Å². The molecule has 0 aliphatic carbocycles. The number of nitrogens with one attached hydrogen (secondary N) is 1. The van der Waals surface area contributed by atoms with Crippen molar-refractivity contribution in [3.05, 3.63) is 35.9 Å². The average molecular weight is 429 g/mol. The summed E-state index contributed by atoms with van der Waals surface area (Å²) in [7, 11) is -4.44. The smallest absolute Gasteiger partial charge is 0.351 e. The highest BCUT2D eigenvalue weighted by Crippen LogP contribution is 2.49. The molecule has 0 saturated carbocycles. The van der Waals surface area contributed by atoms with Crippen LogP contribution < -0.4 is 16.8 Å². The molecule has 0 aromatic heterocycles. The number of carboxylic acids is 1. The van der Waals surface area contributed by atoms with Crippen molar-refractivity contribution < 1.29 is 28.7 Å². The van der Waals surface area contributed by atoms with Crippen molar-refractivity contribution in [2.45, 2.75) is 56.8 Å². The Labute approximate surface area is 171 Å². The van der Waals surface area contributed by atoms with Gasteiger partial charge in [0.25, 0.3) is 0 Å². The molecule has 1 amide bonds. The molecule has 0 radical (unpaired) electrons. The first-order valence-corrected chi connectivity index (χ1v) is 11.4. The lowest BCUT2D eigenvalue weighted by atomic mass is 10.1. The van der Waals surface area contributed by atoms with Crippen LogP contribution in [0.1, 0.15) is 44.1 Å². The summed E-state index contributed by atoms with van der Waals surface area (Å²) in [4.78, 5) is 34.1. The monoisotopic (exact) mass is 429 g/mol. The Hall–Kier alpha value is -1.77. The maximum atomic E-state index is 12.8. The lowest BCUT2D eigenvalue weighted by Gasteiger charge is -2.26. The normalized spacial score (nSPS) is 15.3. The molecule has 0 spiro atoms. The van der Waals surface area contributed by atoms with Gasteiger partial charge >= 0.3 is 13.6 Å². The molecular formula is C19H32N3O6P. The van der Waals surface area contributed by atoms with Crippen LogP contribution in [-0.2, 0) is 25.1 Å². The van der Waals surface area contributed by atoms with Gasteiger partial charge in [-0.15, -0.1) is 0 Å². The van der Waals surface area contributed by atoms with Gasteiger partial charge in [-0.05, 0) is 57.2 Å². The summed E-state index contributed by atoms with van der Waals surface area (Å²) in [6, 6.07) is 9.38. The summed E-state index contributed by atoms with van der Waals surface area (Å²) >= 11 is 0. The van der Waals surface area contributed by atoms with E-state index in [-0.39, 0.29) is 25.8 Å². The van der Waals surface area contributed by atoms with Crippen molar-refractivity contribution in [2.75, 3.05) is 13.1 Å². The topological polar surface area (TPSA) is 165 Å². The maximum Gasteiger partial charge on any atom is 0.351 e. The number of unbranched alkanes of at least 4 members (excludes halogenated alkanes) is 1. The molecule has 9 nitrogen and oxygen atoms in total. The Morgan fingerprint density at radius 1 is 1.07 bits per heavy atom. The highest BCUT2D eigenvalue weighted by molar-refractivity contribution is 7.53. The van der Waals surface area contributed by atoms with Crippen LogP contribution >= 0.6 is 7.60 Å². The molecule has 0 heterocycles. The molecule has 0 aliphatic rings. The van der Waals surface area contributed by atoms with Crippen molar-refractivity contribution in [1.82, 2.24) is 5.32 Å². The third kappa shape index (κ3) is 10.0. The zero-order chi connectivity index (χ0) is 21.7. The molecule has 0 fully saturated rings. The second-order valence-corrected chi connectivity index (χ2v) is 8.74. The molecule has 2 unspecified atom stereocenters. The average Bonchev–Trinajstić information content (AvgIpc) is 2.69. The highest BCUT2D eigenvalue weighted by Gasteiger charge is 2.37. The molecule has 1 rings (SSSR count). The fourth-order valence-electron chi connectivity index (χ4n) is 2.74. The van der Waals surface area contributed by atoms with Crippen molar-refractivity contribution in [2.24, 2.45) is 11.5 Å². The number of benzene rings is 1. The zero-order valence-corrected chi connectivity index (χ0v) is 17.4. The number of hydrogen-bond donors (Lipinski definition) is 5. The predicted octanol–water partition coefficient (Wildman–Crippen LogP) is 1.58. The fraction of sp³-hybridized carbons (Fsp3) is 0.579. The Bertz CT molecular complexity index is 673. The Balaban J connectivity index is 2.74. The SMILES string of the molecule is NCCCC[C@H](OP(=O)(O)C(CCCN)NC(=O)CCc1ccccc1)C(=O)O. The standard InChI is InChI=1S/C19H32N3O6P/c20-13-5-4-9-16(19(24)25)28-29(26,27)18(10-6-14-21)22-17(23)12-11-15-7-2-1-3-8-15/h1-3,7-8,16,18H,4-6,9-14,20-21H2,(H,22,23)(H,24,25)(H,26,27)/t16-,18?/m0/s1. The lowest BCUT2D eigenvalue weighted by molar-refractivity contribution is -0.145. The summed E-state index contributed by atoms with van der Waals surface area (Å²) in [5.74, 6) is -2.96. The van der Waals surface area contributed by atoms with Crippen LogP contribution in [0.3, 0.4) is 0 Å². The van der Waals surface area contributed by atoms with Gasteiger partial charge in [0.15, 0.2) is 6.10 Å². The van der Waals surface area contributed by atoms with E-state index in [1.807, 2.05) is 30.3 Å².